The van der Waals surface area contributed by atoms with Crippen LogP contribution in [0.4, 0.5) is 0 Å². The molecule has 1 aliphatic rings. The fourth-order valence-corrected chi connectivity index (χ4v) is 3.03. The number of hydrogen-bond acceptors (Lipinski definition) is 3. The van der Waals surface area contributed by atoms with Crippen molar-refractivity contribution in [1.29, 1.82) is 0 Å². The van der Waals surface area contributed by atoms with Crippen LogP contribution in [0.3, 0.4) is 0 Å². The van der Waals surface area contributed by atoms with E-state index in [-0.39, 0.29) is 11.8 Å². The van der Waals surface area contributed by atoms with Crippen molar-refractivity contribution in [3.8, 4) is 0 Å². The lowest BCUT2D eigenvalue weighted by atomic mass is 9.94. The van der Waals surface area contributed by atoms with Gasteiger partial charge in [0, 0.05) is 31.0 Å². The van der Waals surface area contributed by atoms with Crippen molar-refractivity contribution in [2.24, 2.45) is 11.1 Å². The maximum absolute atomic E-state index is 12.7. The van der Waals surface area contributed by atoms with Crippen molar-refractivity contribution < 1.29 is 10.0 Å². The third-order valence-electron chi connectivity index (χ3n) is 4.01. The van der Waals surface area contributed by atoms with Crippen molar-refractivity contribution in [2.45, 2.75) is 34.1 Å². The van der Waals surface area contributed by atoms with E-state index in [1.165, 1.54) is 5.56 Å². The van der Waals surface area contributed by atoms with Crippen molar-refractivity contribution in [3.63, 3.8) is 0 Å². The molecule has 20 heavy (non-hydrogen) atoms. The molecule has 0 aromatic heterocycles. The van der Waals surface area contributed by atoms with E-state index < -0.39 is 0 Å². The molecular weight excluding hydrogens is 252 g/mol. The van der Waals surface area contributed by atoms with Gasteiger partial charge in [0.2, 0.25) is 0 Å². The highest BCUT2D eigenvalue weighted by atomic mass is 16.4. The summed E-state index contributed by atoms with van der Waals surface area (Å²) in [4.78, 5) is 14.6. The Morgan fingerprint density at radius 1 is 1.30 bits per heavy atom. The third kappa shape index (κ3) is 2.69. The van der Waals surface area contributed by atoms with Crippen LogP contribution in [0, 0.1) is 26.7 Å². The van der Waals surface area contributed by atoms with Gasteiger partial charge >= 0.3 is 0 Å². The minimum absolute atomic E-state index is 0.0869. The maximum atomic E-state index is 12.7. The second kappa shape index (κ2) is 5.65. The van der Waals surface area contributed by atoms with E-state index in [4.69, 9.17) is 5.21 Å². The number of aryl methyl sites for hydroxylation is 3. The summed E-state index contributed by atoms with van der Waals surface area (Å²) in [6.45, 7) is 9.24. The zero-order valence-corrected chi connectivity index (χ0v) is 12.6. The zero-order valence-electron chi connectivity index (χ0n) is 12.6. The number of carbonyl (C=O) groups excluding carboxylic acids is 1. The summed E-state index contributed by atoms with van der Waals surface area (Å²) in [5, 5.41) is 12.2. The van der Waals surface area contributed by atoms with E-state index in [1.54, 1.807) is 0 Å². The van der Waals surface area contributed by atoms with Gasteiger partial charge in [-0.3, -0.25) is 4.79 Å². The average molecular weight is 274 g/mol. The van der Waals surface area contributed by atoms with Gasteiger partial charge in [-0.05, 0) is 31.9 Å². The molecule has 0 spiro atoms. The lowest BCUT2D eigenvalue weighted by Crippen LogP contribution is -2.43. The second-order valence-corrected chi connectivity index (χ2v) is 5.77. The molecule has 1 aromatic carbocycles. The van der Waals surface area contributed by atoms with E-state index >= 15 is 0 Å². The molecule has 1 aromatic rings. The lowest BCUT2D eigenvalue weighted by Gasteiger charge is -2.32. The number of rotatable bonds is 1. The van der Waals surface area contributed by atoms with Gasteiger partial charge < -0.3 is 10.1 Å². The molecule has 0 saturated carbocycles. The number of likely N-dealkylation sites (tertiary alicyclic amines) is 1. The normalized spacial score (nSPS) is 21.3. The van der Waals surface area contributed by atoms with Crippen LogP contribution in [0.25, 0.3) is 0 Å². The van der Waals surface area contributed by atoms with E-state index in [9.17, 15) is 4.79 Å². The van der Waals surface area contributed by atoms with E-state index in [1.807, 2.05) is 44.7 Å². The van der Waals surface area contributed by atoms with Crippen LogP contribution >= 0.6 is 0 Å². The van der Waals surface area contributed by atoms with Crippen molar-refractivity contribution >= 4 is 11.6 Å². The number of oxime groups is 1. The van der Waals surface area contributed by atoms with E-state index in [2.05, 4.69) is 5.16 Å². The molecule has 0 bridgehead atoms. The molecule has 1 heterocycles. The highest BCUT2D eigenvalue weighted by Crippen LogP contribution is 2.22. The van der Waals surface area contributed by atoms with Crippen LogP contribution in [0.5, 0.6) is 0 Å². The average Bonchev–Trinajstić information content (AvgIpc) is 2.37. The molecule has 1 N–H and O–H groups in total. The summed E-state index contributed by atoms with van der Waals surface area (Å²) in [7, 11) is 0. The Labute approximate surface area is 120 Å². The summed E-state index contributed by atoms with van der Waals surface area (Å²) in [5.74, 6) is 0.201. The van der Waals surface area contributed by atoms with Gasteiger partial charge in [0.15, 0.2) is 0 Å². The first-order valence-corrected chi connectivity index (χ1v) is 7.02. The SMILES string of the molecule is Cc1cc(C)c(C(=O)N2CCC(=NO)C(C)C2)c(C)c1. The topological polar surface area (TPSA) is 52.9 Å². The minimum Gasteiger partial charge on any atom is -0.411 e. The fourth-order valence-electron chi connectivity index (χ4n) is 3.03. The third-order valence-corrected chi connectivity index (χ3v) is 4.01. The second-order valence-electron chi connectivity index (χ2n) is 5.77. The van der Waals surface area contributed by atoms with Gasteiger partial charge in [-0.15, -0.1) is 0 Å². The number of amides is 1. The number of piperidine rings is 1. The molecule has 1 fully saturated rings. The number of carbonyl (C=O) groups is 1. The molecule has 1 unspecified atom stereocenters. The molecule has 0 aliphatic carbocycles. The Morgan fingerprint density at radius 2 is 1.90 bits per heavy atom. The summed E-state index contributed by atoms with van der Waals surface area (Å²) < 4.78 is 0. The summed E-state index contributed by atoms with van der Waals surface area (Å²) in [5.41, 5.74) is 4.83. The first kappa shape index (κ1) is 14.6. The summed E-state index contributed by atoms with van der Waals surface area (Å²) >= 11 is 0. The molecule has 1 aliphatic heterocycles. The van der Waals surface area contributed by atoms with Gasteiger partial charge in [0.05, 0.1) is 5.71 Å². The predicted molar refractivity (Wildman–Crippen MR) is 79.6 cm³/mol. The smallest absolute Gasteiger partial charge is 0.254 e. The Bertz CT molecular complexity index is 541. The number of benzene rings is 1. The van der Waals surface area contributed by atoms with Crippen LogP contribution in [-0.4, -0.2) is 34.8 Å². The molecule has 2 rings (SSSR count). The molecule has 108 valence electrons. The molecule has 4 heteroatoms. The predicted octanol–water partition coefficient (Wildman–Crippen LogP) is 2.92. The number of nitrogens with zero attached hydrogens (tertiary/aromatic N) is 2. The van der Waals surface area contributed by atoms with Gasteiger partial charge in [0.1, 0.15) is 0 Å². The highest BCUT2D eigenvalue weighted by Gasteiger charge is 2.27. The van der Waals surface area contributed by atoms with Crippen LogP contribution in [0.15, 0.2) is 17.3 Å². The van der Waals surface area contributed by atoms with Crippen LogP contribution < -0.4 is 0 Å². The van der Waals surface area contributed by atoms with Gasteiger partial charge in [-0.25, -0.2) is 0 Å². The number of hydrogen-bond donors (Lipinski definition) is 1. The van der Waals surface area contributed by atoms with Gasteiger partial charge in [0.25, 0.3) is 5.91 Å². The molecule has 1 amide bonds. The Kier molecular flexibility index (Phi) is 4.12. The zero-order chi connectivity index (χ0) is 14.9. The fraction of sp³-hybridized carbons (Fsp3) is 0.500. The largest absolute Gasteiger partial charge is 0.411 e. The van der Waals surface area contributed by atoms with Crippen LogP contribution in [0.1, 0.15) is 40.4 Å². The lowest BCUT2D eigenvalue weighted by molar-refractivity contribution is 0.0732. The van der Waals surface area contributed by atoms with Crippen LogP contribution in [0.2, 0.25) is 0 Å². The van der Waals surface area contributed by atoms with E-state index in [0.717, 1.165) is 22.4 Å². The standard InChI is InChI=1S/C16H22N2O2/c1-10-7-11(2)15(12(3)8-10)16(19)18-6-5-14(17-20)13(4)9-18/h7-8,13,20H,5-6,9H2,1-4H3. The highest BCUT2D eigenvalue weighted by molar-refractivity contribution is 5.98. The summed E-state index contributed by atoms with van der Waals surface area (Å²) in [6, 6.07) is 4.10. The monoisotopic (exact) mass is 274 g/mol. The molecule has 1 atom stereocenters. The van der Waals surface area contributed by atoms with Crippen molar-refractivity contribution in [1.82, 2.24) is 4.90 Å². The molecule has 0 radical (unpaired) electrons. The van der Waals surface area contributed by atoms with Crippen molar-refractivity contribution in [3.05, 3.63) is 34.4 Å². The first-order valence-electron chi connectivity index (χ1n) is 7.02. The van der Waals surface area contributed by atoms with Gasteiger partial charge in [-0.1, -0.05) is 29.8 Å². The Hall–Kier alpha value is -1.84. The molecule has 4 nitrogen and oxygen atoms in total. The first-order chi connectivity index (χ1) is 9.43. The summed E-state index contributed by atoms with van der Waals surface area (Å²) in [6.07, 6.45) is 0.646. The minimum atomic E-state index is 0.0869. The van der Waals surface area contributed by atoms with E-state index in [0.29, 0.717) is 19.5 Å². The van der Waals surface area contributed by atoms with Gasteiger partial charge in [-0.2, -0.15) is 0 Å². The molecular formula is C16H22N2O2. The van der Waals surface area contributed by atoms with Crippen LogP contribution in [-0.2, 0) is 0 Å². The quantitative estimate of drug-likeness (QED) is 0.632. The molecule has 1 saturated heterocycles. The Balaban J connectivity index is 2.25. The Morgan fingerprint density at radius 3 is 2.40 bits per heavy atom. The maximum Gasteiger partial charge on any atom is 0.254 e. The van der Waals surface area contributed by atoms with Crippen molar-refractivity contribution in [2.75, 3.05) is 13.1 Å².